The molecule has 0 spiro atoms. The van der Waals surface area contributed by atoms with Crippen LogP contribution >= 0.6 is 43.6 Å². The van der Waals surface area contributed by atoms with Crippen LogP contribution in [-0.4, -0.2) is 11.5 Å². The molecule has 0 atom stereocenters. The molecule has 0 aliphatic carbocycles. The summed E-state index contributed by atoms with van der Waals surface area (Å²) in [5.74, 6) is -0.495. The summed E-state index contributed by atoms with van der Waals surface area (Å²) in [6.45, 7) is 0. The molecule has 2 aromatic rings. The zero-order valence-corrected chi connectivity index (χ0v) is 13.7. The van der Waals surface area contributed by atoms with Crippen molar-refractivity contribution in [2.75, 3.05) is 5.75 Å². The van der Waals surface area contributed by atoms with Gasteiger partial charge in [-0.2, -0.15) is 0 Å². The molecule has 0 bridgehead atoms. The highest BCUT2D eigenvalue weighted by atomic mass is 79.9. The molecule has 98 valence electrons. The standard InChI is InChI=1S/C14H9Br2FOS/c15-9-4-6-10(7-5-9)19-8-13(18)11-2-1-3-12(16)14(11)17/h1-7H,8H2. The van der Waals surface area contributed by atoms with Gasteiger partial charge < -0.3 is 0 Å². The highest BCUT2D eigenvalue weighted by Crippen LogP contribution is 2.24. The summed E-state index contributed by atoms with van der Waals surface area (Å²) in [6.07, 6.45) is 0. The number of rotatable bonds is 4. The number of ketones is 1. The first kappa shape index (κ1) is 14.8. The Morgan fingerprint density at radius 1 is 1.11 bits per heavy atom. The number of Topliss-reactive ketones (excluding diaryl/α,β-unsaturated/α-hetero) is 1. The predicted octanol–water partition coefficient (Wildman–Crippen LogP) is 5.33. The van der Waals surface area contributed by atoms with Crippen molar-refractivity contribution < 1.29 is 9.18 Å². The van der Waals surface area contributed by atoms with Gasteiger partial charge in [-0.25, -0.2) is 4.39 Å². The molecule has 0 amide bonds. The minimum absolute atomic E-state index is 0.124. The Labute approximate surface area is 131 Å². The molecule has 0 aliphatic heterocycles. The molecule has 5 heteroatoms. The number of hydrogen-bond donors (Lipinski definition) is 0. The van der Waals surface area contributed by atoms with E-state index >= 15 is 0 Å². The maximum absolute atomic E-state index is 13.7. The number of halogens is 3. The van der Waals surface area contributed by atoms with Crippen LogP contribution in [0.2, 0.25) is 0 Å². The summed E-state index contributed by atoms with van der Waals surface area (Å²) in [4.78, 5) is 12.9. The minimum atomic E-state index is -0.496. The van der Waals surface area contributed by atoms with E-state index in [4.69, 9.17) is 0 Å². The van der Waals surface area contributed by atoms with Gasteiger partial charge in [-0.05, 0) is 52.3 Å². The molecule has 0 unspecified atom stereocenters. The first-order chi connectivity index (χ1) is 9.08. The maximum Gasteiger partial charge on any atom is 0.176 e. The molecule has 1 nitrogen and oxygen atoms in total. The normalized spacial score (nSPS) is 10.5. The second kappa shape index (κ2) is 6.68. The van der Waals surface area contributed by atoms with E-state index in [0.29, 0.717) is 4.47 Å². The van der Waals surface area contributed by atoms with Crippen LogP contribution in [0.1, 0.15) is 10.4 Å². The lowest BCUT2D eigenvalue weighted by Gasteiger charge is -2.04. The third-order valence-electron chi connectivity index (χ3n) is 2.44. The van der Waals surface area contributed by atoms with E-state index in [9.17, 15) is 9.18 Å². The fraction of sp³-hybridized carbons (Fsp3) is 0.0714. The average molecular weight is 404 g/mol. The highest BCUT2D eigenvalue weighted by molar-refractivity contribution is 9.10. The van der Waals surface area contributed by atoms with Gasteiger partial charge in [-0.3, -0.25) is 4.79 Å². The summed E-state index contributed by atoms with van der Waals surface area (Å²) >= 11 is 7.82. The summed E-state index contributed by atoms with van der Waals surface area (Å²) in [6, 6.07) is 12.4. The number of benzene rings is 2. The van der Waals surface area contributed by atoms with Crippen molar-refractivity contribution in [3.63, 3.8) is 0 Å². The third kappa shape index (κ3) is 3.91. The Morgan fingerprint density at radius 3 is 2.47 bits per heavy atom. The molecule has 0 aromatic heterocycles. The fourth-order valence-corrected chi connectivity index (χ4v) is 2.89. The number of thioether (sulfide) groups is 1. The average Bonchev–Trinajstić information content (AvgIpc) is 2.41. The molecular weight excluding hydrogens is 395 g/mol. The van der Waals surface area contributed by atoms with Crippen LogP contribution in [0.4, 0.5) is 4.39 Å². The van der Waals surface area contributed by atoms with Crippen LogP contribution in [-0.2, 0) is 0 Å². The Morgan fingerprint density at radius 2 is 1.79 bits per heavy atom. The first-order valence-electron chi connectivity index (χ1n) is 5.43. The lowest BCUT2D eigenvalue weighted by atomic mass is 10.1. The highest BCUT2D eigenvalue weighted by Gasteiger charge is 2.13. The summed E-state index contributed by atoms with van der Waals surface area (Å²) < 4.78 is 15.0. The fourth-order valence-electron chi connectivity index (χ4n) is 1.48. The SMILES string of the molecule is O=C(CSc1ccc(Br)cc1)c1cccc(Br)c1F. The number of carbonyl (C=O) groups excluding carboxylic acids is 1. The zero-order chi connectivity index (χ0) is 13.8. The van der Waals surface area contributed by atoms with Crippen molar-refractivity contribution in [2.24, 2.45) is 0 Å². The lowest BCUT2D eigenvalue weighted by molar-refractivity contribution is 0.101. The van der Waals surface area contributed by atoms with Crippen LogP contribution in [0.5, 0.6) is 0 Å². The zero-order valence-electron chi connectivity index (χ0n) is 9.70. The maximum atomic E-state index is 13.7. The number of carbonyl (C=O) groups is 1. The monoisotopic (exact) mass is 402 g/mol. The second-order valence-corrected chi connectivity index (χ2v) is 6.59. The van der Waals surface area contributed by atoms with Gasteiger partial charge in [0.25, 0.3) is 0 Å². The van der Waals surface area contributed by atoms with Crippen molar-refractivity contribution in [3.05, 3.63) is 62.8 Å². The van der Waals surface area contributed by atoms with Crippen molar-refractivity contribution in [1.29, 1.82) is 0 Å². The van der Waals surface area contributed by atoms with Crippen molar-refractivity contribution in [3.8, 4) is 0 Å². The van der Waals surface area contributed by atoms with Gasteiger partial charge in [0, 0.05) is 9.37 Å². The summed E-state index contributed by atoms with van der Waals surface area (Å²) in [5.41, 5.74) is 0.124. The molecule has 0 N–H and O–H groups in total. The van der Waals surface area contributed by atoms with Gasteiger partial charge in [0.05, 0.1) is 15.8 Å². The van der Waals surface area contributed by atoms with E-state index in [1.165, 1.54) is 17.8 Å². The Bertz CT molecular complexity index is 599. The van der Waals surface area contributed by atoms with Gasteiger partial charge in [0.15, 0.2) is 5.78 Å². The molecule has 0 fully saturated rings. The molecule has 0 aliphatic rings. The third-order valence-corrected chi connectivity index (χ3v) is 4.59. The molecule has 2 aromatic carbocycles. The molecule has 19 heavy (non-hydrogen) atoms. The smallest absolute Gasteiger partial charge is 0.176 e. The topological polar surface area (TPSA) is 17.1 Å². The Kier molecular flexibility index (Phi) is 5.19. The lowest BCUT2D eigenvalue weighted by Crippen LogP contribution is -2.05. The summed E-state index contributed by atoms with van der Waals surface area (Å²) in [5, 5.41) is 0. The van der Waals surface area contributed by atoms with E-state index < -0.39 is 5.82 Å². The van der Waals surface area contributed by atoms with E-state index in [1.54, 1.807) is 12.1 Å². The van der Waals surface area contributed by atoms with Crippen LogP contribution < -0.4 is 0 Å². The van der Waals surface area contributed by atoms with E-state index in [2.05, 4.69) is 31.9 Å². The van der Waals surface area contributed by atoms with Crippen molar-refractivity contribution in [1.82, 2.24) is 0 Å². The molecule has 0 saturated carbocycles. The molecule has 2 rings (SSSR count). The first-order valence-corrected chi connectivity index (χ1v) is 8.00. The summed E-state index contributed by atoms with van der Waals surface area (Å²) in [7, 11) is 0. The predicted molar refractivity (Wildman–Crippen MR) is 83.3 cm³/mol. The quantitative estimate of drug-likeness (QED) is 0.507. The van der Waals surface area contributed by atoms with Crippen molar-refractivity contribution in [2.45, 2.75) is 4.90 Å². The second-order valence-electron chi connectivity index (χ2n) is 3.77. The van der Waals surface area contributed by atoms with Crippen LogP contribution in [0.15, 0.2) is 56.3 Å². The molecule has 0 radical (unpaired) electrons. The van der Waals surface area contributed by atoms with Gasteiger partial charge in [0.1, 0.15) is 5.82 Å². The Hall–Kier alpha value is -0.650. The van der Waals surface area contributed by atoms with Gasteiger partial charge in [0.2, 0.25) is 0 Å². The molecular formula is C14H9Br2FOS. The minimum Gasteiger partial charge on any atom is -0.293 e. The van der Waals surface area contributed by atoms with Gasteiger partial charge in [-0.1, -0.05) is 22.0 Å². The van der Waals surface area contributed by atoms with E-state index in [0.717, 1.165) is 9.37 Å². The largest absolute Gasteiger partial charge is 0.293 e. The molecule has 0 saturated heterocycles. The van der Waals surface area contributed by atoms with E-state index in [1.807, 2.05) is 24.3 Å². The molecule has 0 heterocycles. The van der Waals surface area contributed by atoms with Crippen molar-refractivity contribution >= 4 is 49.4 Å². The Balaban J connectivity index is 2.05. The van der Waals surface area contributed by atoms with Crippen LogP contribution in [0.3, 0.4) is 0 Å². The van der Waals surface area contributed by atoms with Crippen LogP contribution in [0, 0.1) is 5.82 Å². The van der Waals surface area contributed by atoms with Gasteiger partial charge >= 0.3 is 0 Å². The van der Waals surface area contributed by atoms with Gasteiger partial charge in [-0.15, -0.1) is 11.8 Å². The number of hydrogen-bond acceptors (Lipinski definition) is 2. The van der Waals surface area contributed by atoms with Crippen LogP contribution in [0.25, 0.3) is 0 Å². The van der Waals surface area contributed by atoms with E-state index in [-0.39, 0.29) is 17.1 Å².